The lowest BCUT2D eigenvalue weighted by Crippen LogP contribution is -2.39. The predicted octanol–water partition coefficient (Wildman–Crippen LogP) is 2.31. The Labute approximate surface area is 104 Å². The molecule has 0 saturated carbocycles. The van der Waals surface area contributed by atoms with Crippen molar-refractivity contribution in [1.29, 1.82) is 0 Å². The van der Waals surface area contributed by atoms with Crippen LogP contribution in [0.5, 0.6) is 0 Å². The van der Waals surface area contributed by atoms with E-state index in [1.807, 2.05) is 21.0 Å². The number of hydrazine groups is 1. The summed E-state index contributed by atoms with van der Waals surface area (Å²) in [6.07, 6.45) is 0. The Morgan fingerprint density at radius 3 is 2.06 bits per heavy atom. The van der Waals surface area contributed by atoms with Gasteiger partial charge in [0.05, 0.1) is 5.92 Å². The average Bonchev–Trinajstić information content (AvgIpc) is 2.14. The lowest BCUT2D eigenvalue weighted by atomic mass is 9.90. The molecule has 3 heteroatoms. The van der Waals surface area contributed by atoms with Crippen LogP contribution in [0.4, 0.5) is 0 Å². The van der Waals surface area contributed by atoms with Crippen LogP contribution < -0.4 is 5.43 Å². The number of nitrogens with one attached hydrogen (secondary N) is 1. The van der Waals surface area contributed by atoms with Crippen LogP contribution in [-0.2, 0) is 4.79 Å². The third kappa shape index (κ3) is 3.30. The fourth-order valence-corrected chi connectivity index (χ4v) is 2.32. The fourth-order valence-electron chi connectivity index (χ4n) is 2.32. The Balaban J connectivity index is 3.04. The Bertz CT molecular complexity index is 401. The number of nitrogens with zero attached hydrogens (tertiary/aromatic N) is 1. The normalized spacial score (nSPS) is 12.6. The number of carbonyl (C=O) groups excluding carboxylic acids is 1. The first-order valence-corrected chi connectivity index (χ1v) is 5.88. The molecule has 1 rings (SSSR count). The van der Waals surface area contributed by atoms with Crippen LogP contribution >= 0.6 is 0 Å². The highest BCUT2D eigenvalue weighted by Crippen LogP contribution is 2.25. The van der Waals surface area contributed by atoms with E-state index in [1.165, 1.54) is 16.7 Å². The molecule has 1 aromatic carbocycles. The number of aryl methyl sites for hydroxylation is 3. The molecule has 0 aliphatic carbocycles. The van der Waals surface area contributed by atoms with Crippen LogP contribution in [0.2, 0.25) is 0 Å². The summed E-state index contributed by atoms with van der Waals surface area (Å²) in [6.45, 7) is 8.15. The molecular weight excluding hydrogens is 212 g/mol. The maximum Gasteiger partial charge on any atom is 0.241 e. The molecular formula is C14H22N2O. The van der Waals surface area contributed by atoms with Gasteiger partial charge in [-0.15, -0.1) is 0 Å². The second-order valence-corrected chi connectivity index (χ2v) is 4.90. The van der Waals surface area contributed by atoms with Crippen molar-refractivity contribution >= 4 is 5.91 Å². The number of amides is 1. The SMILES string of the molecule is Cc1cc(C)c(C(C)C(=O)NN(C)C)c(C)c1. The Morgan fingerprint density at radius 2 is 1.65 bits per heavy atom. The molecule has 0 heterocycles. The van der Waals surface area contributed by atoms with Gasteiger partial charge in [0.15, 0.2) is 0 Å². The molecule has 0 bridgehead atoms. The summed E-state index contributed by atoms with van der Waals surface area (Å²) in [6, 6.07) is 4.25. The highest BCUT2D eigenvalue weighted by Gasteiger charge is 2.19. The number of hydrogen-bond donors (Lipinski definition) is 1. The first kappa shape index (κ1) is 13.7. The van der Waals surface area contributed by atoms with Gasteiger partial charge in [0.1, 0.15) is 0 Å². The van der Waals surface area contributed by atoms with E-state index in [-0.39, 0.29) is 11.8 Å². The minimum Gasteiger partial charge on any atom is -0.289 e. The molecule has 0 aromatic heterocycles. The standard InChI is InChI=1S/C14H22N2O/c1-9-7-10(2)13(11(3)8-9)12(4)14(17)15-16(5)6/h7-8,12H,1-6H3,(H,15,17). The van der Waals surface area contributed by atoms with E-state index in [0.717, 1.165) is 5.56 Å². The molecule has 0 spiro atoms. The number of benzene rings is 1. The highest BCUT2D eigenvalue weighted by atomic mass is 16.2. The van der Waals surface area contributed by atoms with E-state index in [4.69, 9.17) is 0 Å². The zero-order chi connectivity index (χ0) is 13.2. The highest BCUT2D eigenvalue weighted by molar-refractivity contribution is 5.83. The molecule has 0 radical (unpaired) electrons. The van der Waals surface area contributed by atoms with Crippen molar-refractivity contribution in [2.24, 2.45) is 0 Å². The summed E-state index contributed by atoms with van der Waals surface area (Å²) in [5.41, 5.74) is 7.55. The maximum atomic E-state index is 12.0. The summed E-state index contributed by atoms with van der Waals surface area (Å²) in [5, 5.41) is 1.68. The molecule has 94 valence electrons. The largest absolute Gasteiger partial charge is 0.289 e. The molecule has 1 aromatic rings. The zero-order valence-corrected chi connectivity index (χ0v) is 11.6. The van der Waals surface area contributed by atoms with Crippen molar-refractivity contribution in [2.75, 3.05) is 14.1 Å². The summed E-state index contributed by atoms with van der Waals surface area (Å²) in [4.78, 5) is 12.0. The maximum absolute atomic E-state index is 12.0. The average molecular weight is 234 g/mol. The minimum absolute atomic E-state index is 0.0325. The zero-order valence-electron chi connectivity index (χ0n) is 11.6. The van der Waals surface area contributed by atoms with Gasteiger partial charge < -0.3 is 0 Å². The van der Waals surface area contributed by atoms with Crippen molar-refractivity contribution in [3.63, 3.8) is 0 Å². The third-order valence-electron chi connectivity index (χ3n) is 2.90. The van der Waals surface area contributed by atoms with Gasteiger partial charge in [-0.3, -0.25) is 10.2 Å². The smallest absolute Gasteiger partial charge is 0.241 e. The van der Waals surface area contributed by atoms with Gasteiger partial charge in [-0.1, -0.05) is 17.7 Å². The lowest BCUT2D eigenvalue weighted by Gasteiger charge is -2.20. The fraction of sp³-hybridized carbons (Fsp3) is 0.500. The van der Waals surface area contributed by atoms with Crippen LogP contribution in [-0.4, -0.2) is 25.0 Å². The van der Waals surface area contributed by atoms with Crippen LogP contribution in [0.25, 0.3) is 0 Å². The molecule has 0 aliphatic rings. The van der Waals surface area contributed by atoms with Crippen molar-refractivity contribution < 1.29 is 4.79 Å². The molecule has 17 heavy (non-hydrogen) atoms. The molecule has 1 unspecified atom stereocenters. The van der Waals surface area contributed by atoms with Crippen LogP contribution in [0, 0.1) is 20.8 Å². The number of hydrogen-bond acceptors (Lipinski definition) is 2. The molecule has 3 nitrogen and oxygen atoms in total. The monoisotopic (exact) mass is 234 g/mol. The van der Waals surface area contributed by atoms with Gasteiger partial charge in [-0.2, -0.15) is 0 Å². The minimum atomic E-state index is -0.127. The van der Waals surface area contributed by atoms with Crippen molar-refractivity contribution in [3.8, 4) is 0 Å². The first-order chi connectivity index (χ1) is 7.82. The second kappa shape index (κ2) is 5.32. The molecule has 0 fully saturated rings. The van der Waals surface area contributed by atoms with Gasteiger partial charge in [0.2, 0.25) is 5.91 Å². The van der Waals surface area contributed by atoms with Crippen molar-refractivity contribution in [1.82, 2.24) is 10.4 Å². The van der Waals surface area contributed by atoms with Gasteiger partial charge in [-0.25, -0.2) is 5.01 Å². The molecule has 0 saturated heterocycles. The van der Waals surface area contributed by atoms with Crippen LogP contribution in [0.15, 0.2) is 12.1 Å². The van der Waals surface area contributed by atoms with E-state index < -0.39 is 0 Å². The summed E-state index contributed by atoms with van der Waals surface area (Å²) in [7, 11) is 3.64. The Hall–Kier alpha value is -1.35. The lowest BCUT2D eigenvalue weighted by molar-refractivity contribution is -0.126. The van der Waals surface area contributed by atoms with E-state index >= 15 is 0 Å². The molecule has 1 N–H and O–H groups in total. The second-order valence-electron chi connectivity index (χ2n) is 4.90. The Kier molecular flexibility index (Phi) is 4.29. The van der Waals surface area contributed by atoms with Gasteiger partial charge in [-0.05, 0) is 44.4 Å². The van der Waals surface area contributed by atoms with Crippen molar-refractivity contribution in [3.05, 3.63) is 34.4 Å². The summed E-state index contributed by atoms with van der Waals surface area (Å²) >= 11 is 0. The van der Waals surface area contributed by atoms with E-state index in [1.54, 1.807) is 5.01 Å². The quantitative estimate of drug-likeness (QED) is 0.814. The van der Waals surface area contributed by atoms with Gasteiger partial charge >= 0.3 is 0 Å². The predicted molar refractivity (Wildman–Crippen MR) is 70.9 cm³/mol. The number of rotatable bonds is 3. The van der Waals surface area contributed by atoms with Gasteiger partial charge in [0, 0.05) is 14.1 Å². The van der Waals surface area contributed by atoms with E-state index in [2.05, 4.69) is 38.3 Å². The van der Waals surface area contributed by atoms with Crippen molar-refractivity contribution in [2.45, 2.75) is 33.6 Å². The Morgan fingerprint density at radius 1 is 1.18 bits per heavy atom. The van der Waals surface area contributed by atoms with E-state index in [0.29, 0.717) is 0 Å². The summed E-state index contributed by atoms with van der Waals surface area (Å²) < 4.78 is 0. The molecule has 1 amide bonds. The van der Waals surface area contributed by atoms with Crippen LogP contribution in [0.1, 0.15) is 35.1 Å². The molecule has 1 atom stereocenters. The third-order valence-corrected chi connectivity index (χ3v) is 2.90. The molecule has 0 aliphatic heterocycles. The topological polar surface area (TPSA) is 32.3 Å². The van der Waals surface area contributed by atoms with Crippen LogP contribution in [0.3, 0.4) is 0 Å². The van der Waals surface area contributed by atoms with E-state index in [9.17, 15) is 4.79 Å². The first-order valence-electron chi connectivity index (χ1n) is 5.88. The summed E-state index contributed by atoms with van der Waals surface area (Å²) in [5.74, 6) is -0.0944. The number of carbonyl (C=O) groups is 1. The van der Waals surface area contributed by atoms with Gasteiger partial charge in [0.25, 0.3) is 0 Å².